The lowest BCUT2D eigenvalue weighted by Crippen LogP contribution is -2.23. The maximum absolute atomic E-state index is 13.3. The van der Waals surface area contributed by atoms with Crippen LogP contribution in [0.25, 0.3) is 17.2 Å². The summed E-state index contributed by atoms with van der Waals surface area (Å²) in [5.41, 5.74) is 7.44. The molecule has 0 N–H and O–H groups in total. The summed E-state index contributed by atoms with van der Waals surface area (Å²) in [7, 11) is 4.06. The largest absolute Gasteiger partial charge is 0.492 e. The second-order valence-corrected chi connectivity index (χ2v) is 9.60. The monoisotopic (exact) mass is 484 g/mol. The van der Waals surface area contributed by atoms with Crippen molar-refractivity contribution in [3.63, 3.8) is 0 Å². The molecule has 0 saturated carbocycles. The zero-order chi connectivity index (χ0) is 26.1. The molecule has 0 aliphatic heterocycles. The van der Waals surface area contributed by atoms with E-state index in [0.717, 1.165) is 59.7 Å². The van der Waals surface area contributed by atoms with Gasteiger partial charge in [-0.3, -0.25) is 9.69 Å². The van der Waals surface area contributed by atoms with E-state index >= 15 is 0 Å². The standard InChI is InChI=1S/C32H40N2O2/c1-7-34(8-2)23-28-11-9-10-12-30(28)31(35)15-13-27-22-26(29-20-24(3)19-25(4)21-29)14-16-32(27)36-18-17-33(5)6/h9-16,19-22H,7-8,17-18,23H2,1-6H3. The van der Waals surface area contributed by atoms with E-state index < -0.39 is 0 Å². The summed E-state index contributed by atoms with van der Waals surface area (Å²) in [5.74, 6) is 0.791. The van der Waals surface area contributed by atoms with Gasteiger partial charge in [0.2, 0.25) is 0 Å². The van der Waals surface area contributed by atoms with E-state index in [9.17, 15) is 4.79 Å². The number of likely N-dealkylation sites (N-methyl/N-ethyl adjacent to an activating group) is 1. The van der Waals surface area contributed by atoms with Crippen LogP contribution >= 0.6 is 0 Å². The number of ketones is 1. The molecule has 4 nitrogen and oxygen atoms in total. The van der Waals surface area contributed by atoms with Crippen molar-refractivity contribution in [2.75, 3.05) is 40.3 Å². The summed E-state index contributed by atoms with van der Waals surface area (Å²) in [6, 6.07) is 20.7. The van der Waals surface area contributed by atoms with Gasteiger partial charge in [-0.2, -0.15) is 0 Å². The number of hydrogen-bond donors (Lipinski definition) is 0. The fourth-order valence-electron chi connectivity index (χ4n) is 4.31. The minimum atomic E-state index is 0.00815. The Bertz CT molecular complexity index is 1170. The quantitative estimate of drug-likeness (QED) is 0.213. The van der Waals surface area contributed by atoms with Gasteiger partial charge in [-0.05, 0) is 82.0 Å². The van der Waals surface area contributed by atoms with E-state index in [-0.39, 0.29) is 5.78 Å². The summed E-state index contributed by atoms with van der Waals surface area (Å²) >= 11 is 0. The zero-order valence-electron chi connectivity index (χ0n) is 22.7. The summed E-state index contributed by atoms with van der Waals surface area (Å²) in [6.45, 7) is 12.6. The summed E-state index contributed by atoms with van der Waals surface area (Å²) in [4.78, 5) is 17.7. The molecule has 0 spiro atoms. The van der Waals surface area contributed by atoms with E-state index in [2.05, 4.69) is 73.9 Å². The number of benzene rings is 3. The zero-order valence-corrected chi connectivity index (χ0v) is 22.7. The number of aryl methyl sites for hydroxylation is 2. The first kappa shape index (κ1) is 27.4. The lowest BCUT2D eigenvalue weighted by molar-refractivity contribution is 0.104. The Kier molecular flexibility index (Phi) is 10.0. The average Bonchev–Trinajstić information content (AvgIpc) is 2.85. The average molecular weight is 485 g/mol. The molecular formula is C32H40N2O2. The van der Waals surface area contributed by atoms with Crippen LogP contribution in [0.15, 0.2) is 66.7 Å². The van der Waals surface area contributed by atoms with Crippen LogP contribution in [0.2, 0.25) is 0 Å². The molecule has 0 heterocycles. The molecule has 190 valence electrons. The molecule has 0 bridgehead atoms. The predicted octanol–water partition coefficient (Wildman–Crippen LogP) is 6.65. The first-order chi connectivity index (χ1) is 17.3. The smallest absolute Gasteiger partial charge is 0.186 e. The normalized spacial score (nSPS) is 11.6. The Hall–Kier alpha value is -3.21. The van der Waals surface area contributed by atoms with Crippen LogP contribution in [0, 0.1) is 13.8 Å². The summed E-state index contributed by atoms with van der Waals surface area (Å²) in [5, 5.41) is 0. The van der Waals surface area contributed by atoms with Crippen LogP contribution in [0.3, 0.4) is 0 Å². The third-order valence-corrected chi connectivity index (χ3v) is 6.35. The highest BCUT2D eigenvalue weighted by Gasteiger charge is 2.12. The molecule has 0 unspecified atom stereocenters. The van der Waals surface area contributed by atoms with Gasteiger partial charge >= 0.3 is 0 Å². The van der Waals surface area contributed by atoms with Crippen LogP contribution in [0.4, 0.5) is 0 Å². The number of carbonyl (C=O) groups is 1. The molecule has 0 aliphatic carbocycles. The fourth-order valence-corrected chi connectivity index (χ4v) is 4.31. The highest BCUT2D eigenvalue weighted by molar-refractivity contribution is 6.08. The molecular weight excluding hydrogens is 444 g/mol. The molecule has 0 atom stereocenters. The number of rotatable bonds is 12. The van der Waals surface area contributed by atoms with Crippen LogP contribution in [-0.2, 0) is 6.54 Å². The number of hydrogen-bond acceptors (Lipinski definition) is 4. The molecule has 3 aromatic carbocycles. The van der Waals surface area contributed by atoms with Crippen LogP contribution in [0.5, 0.6) is 5.75 Å². The first-order valence-corrected chi connectivity index (χ1v) is 12.8. The van der Waals surface area contributed by atoms with E-state index in [1.165, 1.54) is 11.1 Å². The molecule has 0 aromatic heterocycles. The highest BCUT2D eigenvalue weighted by Crippen LogP contribution is 2.29. The number of carbonyl (C=O) groups excluding carboxylic acids is 1. The SMILES string of the molecule is CCN(CC)Cc1ccccc1C(=O)C=Cc1cc(-c2cc(C)cc(C)c2)ccc1OCCN(C)C. The first-order valence-electron chi connectivity index (χ1n) is 12.8. The highest BCUT2D eigenvalue weighted by atomic mass is 16.5. The van der Waals surface area contributed by atoms with E-state index in [4.69, 9.17) is 4.74 Å². The molecule has 0 amide bonds. The molecule has 36 heavy (non-hydrogen) atoms. The van der Waals surface area contributed by atoms with Crippen LogP contribution in [-0.4, -0.2) is 55.9 Å². The van der Waals surface area contributed by atoms with Crippen LogP contribution in [0.1, 0.15) is 46.5 Å². The molecule has 4 heteroatoms. The van der Waals surface area contributed by atoms with Gasteiger partial charge in [0.25, 0.3) is 0 Å². The van der Waals surface area contributed by atoms with Crippen molar-refractivity contribution in [1.29, 1.82) is 0 Å². The van der Waals surface area contributed by atoms with Crippen molar-refractivity contribution < 1.29 is 9.53 Å². The summed E-state index contributed by atoms with van der Waals surface area (Å²) in [6.07, 6.45) is 3.58. The van der Waals surface area contributed by atoms with Gasteiger partial charge < -0.3 is 9.64 Å². The second kappa shape index (κ2) is 13.2. The van der Waals surface area contributed by atoms with Crippen molar-refractivity contribution >= 4 is 11.9 Å². The molecule has 0 radical (unpaired) electrons. The van der Waals surface area contributed by atoms with Crippen molar-refractivity contribution in [2.24, 2.45) is 0 Å². The van der Waals surface area contributed by atoms with Crippen molar-refractivity contribution in [3.05, 3.63) is 94.6 Å². The minimum Gasteiger partial charge on any atom is -0.492 e. The molecule has 0 saturated heterocycles. The minimum absolute atomic E-state index is 0.00815. The molecule has 3 aromatic rings. The molecule has 3 rings (SSSR count). The maximum Gasteiger partial charge on any atom is 0.186 e. The van der Waals surface area contributed by atoms with Gasteiger partial charge in [-0.25, -0.2) is 0 Å². The lowest BCUT2D eigenvalue weighted by atomic mass is 9.98. The Balaban J connectivity index is 1.93. The Morgan fingerprint density at radius 3 is 2.25 bits per heavy atom. The van der Waals surface area contributed by atoms with Gasteiger partial charge in [0.1, 0.15) is 12.4 Å². The van der Waals surface area contributed by atoms with Gasteiger partial charge in [0.05, 0.1) is 0 Å². The predicted molar refractivity (Wildman–Crippen MR) is 152 cm³/mol. The molecule has 0 fully saturated rings. The van der Waals surface area contributed by atoms with Crippen molar-refractivity contribution in [1.82, 2.24) is 9.80 Å². The third kappa shape index (κ3) is 7.64. The lowest BCUT2D eigenvalue weighted by Gasteiger charge is -2.19. The van der Waals surface area contributed by atoms with Crippen molar-refractivity contribution in [2.45, 2.75) is 34.2 Å². The van der Waals surface area contributed by atoms with Gasteiger partial charge in [0, 0.05) is 24.2 Å². The van der Waals surface area contributed by atoms with Crippen LogP contribution < -0.4 is 4.74 Å². The topological polar surface area (TPSA) is 32.8 Å². The number of nitrogens with zero attached hydrogens (tertiary/aromatic N) is 2. The Morgan fingerprint density at radius 1 is 0.889 bits per heavy atom. The molecule has 0 aliphatic rings. The fraction of sp³-hybridized carbons (Fsp3) is 0.344. The number of ether oxygens (including phenoxy) is 1. The van der Waals surface area contributed by atoms with Gasteiger partial charge in [0.15, 0.2) is 5.78 Å². The van der Waals surface area contributed by atoms with E-state index in [1.54, 1.807) is 6.08 Å². The Labute approximate surface area is 217 Å². The number of allylic oxidation sites excluding steroid dienone is 1. The maximum atomic E-state index is 13.3. The second-order valence-electron chi connectivity index (χ2n) is 9.60. The summed E-state index contributed by atoms with van der Waals surface area (Å²) < 4.78 is 6.12. The van der Waals surface area contributed by atoms with Gasteiger partial charge in [-0.1, -0.05) is 73.5 Å². The van der Waals surface area contributed by atoms with Crippen molar-refractivity contribution in [3.8, 4) is 16.9 Å². The van der Waals surface area contributed by atoms with E-state index in [0.29, 0.717) is 6.61 Å². The Morgan fingerprint density at radius 2 is 1.58 bits per heavy atom. The third-order valence-electron chi connectivity index (χ3n) is 6.35. The van der Waals surface area contributed by atoms with Gasteiger partial charge in [-0.15, -0.1) is 0 Å². The van der Waals surface area contributed by atoms with E-state index in [1.807, 2.05) is 44.4 Å².